The van der Waals surface area contributed by atoms with E-state index in [2.05, 4.69) is 43.0 Å². The summed E-state index contributed by atoms with van der Waals surface area (Å²) in [5.41, 5.74) is 4.57. The number of imidazole rings is 1. The summed E-state index contributed by atoms with van der Waals surface area (Å²) in [6, 6.07) is 8.44. The Morgan fingerprint density at radius 1 is 1.29 bits per heavy atom. The quantitative estimate of drug-likeness (QED) is 0.716. The van der Waals surface area contributed by atoms with Gasteiger partial charge in [-0.2, -0.15) is 14.9 Å². The largest absolute Gasteiger partial charge is 0.216 e. The molecule has 0 spiro atoms. The van der Waals surface area contributed by atoms with Crippen molar-refractivity contribution in [2.45, 2.75) is 33.6 Å². The van der Waals surface area contributed by atoms with Crippen LogP contribution in [-0.2, 0) is 0 Å². The van der Waals surface area contributed by atoms with Crippen molar-refractivity contribution in [2.75, 3.05) is 0 Å². The van der Waals surface area contributed by atoms with Crippen LogP contribution >= 0.6 is 11.3 Å². The summed E-state index contributed by atoms with van der Waals surface area (Å²) in [5, 5.41) is 15.0. The van der Waals surface area contributed by atoms with Crippen molar-refractivity contribution >= 4 is 16.3 Å². The highest BCUT2D eigenvalue weighted by Crippen LogP contribution is 2.30. The van der Waals surface area contributed by atoms with Gasteiger partial charge in [-0.1, -0.05) is 48.9 Å². The average molecular weight is 296 g/mol. The topological polar surface area (TPSA) is 54.0 Å². The highest BCUT2D eigenvalue weighted by atomic mass is 32.1. The molecule has 0 saturated carbocycles. The van der Waals surface area contributed by atoms with Crippen molar-refractivity contribution in [1.29, 1.82) is 5.26 Å². The first-order valence-corrected chi connectivity index (χ1v) is 7.70. The summed E-state index contributed by atoms with van der Waals surface area (Å²) in [6.07, 6.45) is 0. The van der Waals surface area contributed by atoms with E-state index in [1.165, 1.54) is 5.56 Å². The molecule has 3 rings (SSSR count). The minimum Gasteiger partial charge on any atom is -0.216 e. The minimum atomic E-state index is 0.341. The third-order valence-electron chi connectivity index (χ3n) is 3.46. The summed E-state index contributed by atoms with van der Waals surface area (Å²) in [6.45, 7) is 8.29. The summed E-state index contributed by atoms with van der Waals surface area (Å²) < 4.78 is 1.68. The van der Waals surface area contributed by atoms with Gasteiger partial charge in [-0.25, -0.2) is 4.98 Å². The van der Waals surface area contributed by atoms with Crippen LogP contribution < -0.4 is 0 Å². The molecule has 0 N–H and O–H groups in total. The molecule has 0 radical (unpaired) electrons. The van der Waals surface area contributed by atoms with Gasteiger partial charge in [0.25, 0.3) is 0 Å². The normalized spacial score (nSPS) is 11.2. The summed E-state index contributed by atoms with van der Waals surface area (Å²) in [4.78, 5) is 5.43. The smallest absolute Gasteiger partial charge is 0.214 e. The SMILES string of the molecule is Cc1ccc(-c2nc3sc(C(C)C)nn3c2C#N)c(C)c1. The standard InChI is InChI=1S/C16H16N4S/c1-9(2)15-19-20-13(8-17)14(18-16(20)21-15)12-6-5-10(3)7-11(12)4/h5-7,9H,1-4H3. The number of hydrogen-bond acceptors (Lipinski definition) is 4. The number of aromatic nitrogens is 3. The Labute approximate surface area is 127 Å². The first kappa shape index (κ1) is 13.8. The van der Waals surface area contributed by atoms with Crippen molar-refractivity contribution in [3.05, 3.63) is 40.0 Å². The lowest BCUT2D eigenvalue weighted by Crippen LogP contribution is -1.94. The zero-order valence-electron chi connectivity index (χ0n) is 12.5. The lowest BCUT2D eigenvalue weighted by atomic mass is 10.0. The molecule has 0 aliphatic carbocycles. The van der Waals surface area contributed by atoms with E-state index >= 15 is 0 Å². The number of nitrogens with zero attached hydrogens (tertiary/aromatic N) is 4. The van der Waals surface area contributed by atoms with Gasteiger partial charge in [-0.05, 0) is 19.4 Å². The number of aryl methyl sites for hydroxylation is 2. The fraction of sp³-hybridized carbons (Fsp3) is 0.312. The van der Waals surface area contributed by atoms with Crippen molar-refractivity contribution < 1.29 is 0 Å². The van der Waals surface area contributed by atoms with Crippen LogP contribution in [0.1, 0.15) is 41.6 Å². The third-order valence-corrected chi connectivity index (χ3v) is 4.66. The molecule has 0 aliphatic rings. The summed E-state index contributed by atoms with van der Waals surface area (Å²) in [5.74, 6) is 0.341. The van der Waals surface area contributed by atoms with E-state index in [9.17, 15) is 5.26 Å². The lowest BCUT2D eigenvalue weighted by molar-refractivity contribution is 0.798. The average Bonchev–Trinajstić information content (AvgIpc) is 2.95. The van der Waals surface area contributed by atoms with Gasteiger partial charge >= 0.3 is 0 Å². The molecule has 0 amide bonds. The van der Waals surface area contributed by atoms with Gasteiger partial charge in [-0.15, -0.1) is 0 Å². The first-order valence-electron chi connectivity index (χ1n) is 6.88. The second-order valence-corrected chi connectivity index (χ2v) is 6.52. The second-order valence-electron chi connectivity index (χ2n) is 5.53. The van der Waals surface area contributed by atoms with Gasteiger partial charge < -0.3 is 0 Å². The van der Waals surface area contributed by atoms with E-state index in [0.29, 0.717) is 11.6 Å². The third kappa shape index (κ3) is 2.22. The Kier molecular flexibility index (Phi) is 3.26. The molecule has 5 heteroatoms. The maximum Gasteiger partial charge on any atom is 0.214 e. The number of rotatable bonds is 2. The van der Waals surface area contributed by atoms with Gasteiger partial charge in [0.1, 0.15) is 16.8 Å². The van der Waals surface area contributed by atoms with Crippen LogP contribution in [0.3, 0.4) is 0 Å². The van der Waals surface area contributed by atoms with E-state index < -0.39 is 0 Å². The van der Waals surface area contributed by atoms with Crippen LogP contribution in [0.2, 0.25) is 0 Å². The molecule has 21 heavy (non-hydrogen) atoms. The maximum atomic E-state index is 9.51. The van der Waals surface area contributed by atoms with E-state index in [0.717, 1.165) is 26.8 Å². The van der Waals surface area contributed by atoms with Crippen LogP contribution in [0.25, 0.3) is 16.2 Å². The molecule has 3 aromatic rings. The van der Waals surface area contributed by atoms with Gasteiger partial charge in [0.2, 0.25) is 4.96 Å². The number of benzene rings is 1. The fourth-order valence-corrected chi connectivity index (χ4v) is 3.26. The molecule has 0 atom stereocenters. The van der Waals surface area contributed by atoms with E-state index in [1.807, 2.05) is 19.1 Å². The van der Waals surface area contributed by atoms with E-state index in [1.54, 1.807) is 15.9 Å². The van der Waals surface area contributed by atoms with E-state index in [-0.39, 0.29) is 0 Å². The Morgan fingerprint density at radius 2 is 2.05 bits per heavy atom. The highest BCUT2D eigenvalue weighted by molar-refractivity contribution is 7.16. The van der Waals surface area contributed by atoms with Crippen molar-refractivity contribution in [1.82, 2.24) is 14.6 Å². The summed E-state index contributed by atoms with van der Waals surface area (Å²) >= 11 is 1.55. The van der Waals surface area contributed by atoms with Crippen LogP contribution in [0.15, 0.2) is 18.2 Å². The number of nitriles is 1. The summed E-state index contributed by atoms with van der Waals surface area (Å²) in [7, 11) is 0. The molecule has 0 fully saturated rings. The second kappa shape index (κ2) is 4.97. The Hall–Kier alpha value is -2.19. The zero-order chi connectivity index (χ0) is 15.1. The minimum absolute atomic E-state index is 0.341. The molecule has 0 unspecified atom stereocenters. The Balaban J connectivity index is 2.24. The molecule has 0 saturated heterocycles. The molecular formula is C16H16N4S. The highest BCUT2D eigenvalue weighted by Gasteiger charge is 2.19. The van der Waals surface area contributed by atoms with E-state index in [4.69, 9.17) is 0 Å². The Morgan fingerprint density at radius 3 is 2.67 bits per heavy atom. The van der Waals surface area contributed by atoms with Crippen LogP contribution in [0.5, 0.6) is 0 Å². The first-order chi connectivity index (χ1) is 10.0. The van der Waals surface area contributed by atoms with Gasteiger partial charge in [0.05, 0.1) is 0 Å². The van der Waals surface area contributed by atoms with Crippen LogP contribution in [0, 0.1) is 25.2 Å². The van der Waals surface area contributed by atoms with Crippen LogP contribution in [0.4, 0.5) is 0 Å². The van der Waals surface area contributed by atoms with Gasteiger partial charge in [0, 0.05) is 11.5 Å². The predicted molar refractivity (Wildman–Crippen MR) is 84.6 cm³/mol. The molecule has 2 aromatic heterocycles. The molecule has 0 bridgehead atoms. The zero-order valence-corrected chi connectivity index (χ0v) is 13.3. The molecule has 0 aliphatic heterocycles. The monoisotopic (exact) mass is 296 g/mol. The predicted octanol–water partition coefficient (Wildman–Crippen LogP) is 4.07. The van der Waals surface area contributed by atoms with Crippen molar-refractivity contribution in [2.24, 2.45) is 0 Å². The molecule has 2 heterocycles. The van der Waals surface area contributed by atoms with Gasteiger partial charge in [0.15, 0.2) is 5.69 Å². The van der Waals surface area contributed by atoms with Crippen molar-refractivity contribution in [3.8, 4) is 17.3 Å². The van der Waals surface area contributed by atoms with Crippen molar-refractivity contribution in [3.63, 3.8) is 0 Å². The molecular weight excluding hydrogens is 280 g/mol. The van der Waals surface area contributed by atoms with Gasteiger partial charge in [-0.3, -0.25) is 0 Å². The molecule has 4 nitrogen and oxygen atoms in total. The number of hydrogen-bond donors (Lipinski definition) is 0. The lowest BCUT2D eigenvalue weighted by Gasteiger charge is -2.04. The van der Waals surface area contributed by atoms with Crippen LogP contribution in [-0.4, -0.2) is 14.6 Å². The fourth-order valence-electron chi connectivity index (χ4n) is 2.36. The molecule has 106 valence electrons. The molecule has 1 aromatic carbocycles. The maximum absolute atomic E-state index is 9.51. The number of fused-ring (bicyclic) bond motifs is 1. The Bertz CT molecular complexity index is 864.